The quantitative estimate of drug-likeness (QED) is 0.638. The number of anilines is 1. The fourth-order valence-corrected chi connectivity index (χ4v) is 5.57. The number of hydrogen-bond acceptors (Lipinski definition) is 3. The van der Waals surface area contributed by atoms with Gasteiger partial charge in [-0.15, -0.1) is 0 Å². The first-order chi connectivity index (χ1) is 14.8. The Hall–Kier alpha value is -3.12. The number of rotatable bonds is 5. The van der Waals surface area contributed by atoms with Crippen LogP contribution in [0.25, 0.3) is 11.1 Å². The van der Waals surface area contributed by atoms with E-state index in [1.807, 2.05) is 62.4 Å². The molecule has 4 rings (SSSR count). The molecule has 0 saturated heterocycles. The Labute approximate surface area is 183 Å². The Morgan fingerprint density at radius 2 is 1.71 bits per heavy atom. The fourth-order valence-electron chi connectivity index (χ4n) is 3.92. The lowest BCUT2D eigenvalue weighted by molar-refractivity contribution is -0.120. The van der Waals surface area contributed by atoms with Gasteiger partial charge in [0.15, 0.2) is 0 Å². The summed E-state index contributed by atoms with van der Waals surface area (Å²) in [6.45, 7) is 5.69. The number of fused-ring (bicyclic) bond motifs is 3. The van der Waals surface area contributed by atoms with Crippen LogP contribution in [0.1, 0.15) is 36.6 Å². The van der Waals surface area contributed by atoms with Gasteiger partial charge >= 0.3 is 0 Å². The van der Waals surface area contributed by atoms with Gasteiger partial charge in [-0.25, -0.2) is 8.42 Å². The van der Waals surface area contributed by atoms with Gasteiger partial charge in [-0.3, -0.25) is 9.10 Å². The van der Waals surface area contributed by atoms with Crippen molar-refractivity contribution in [2.75, 3.05) is 10.8 Å². The molecule has 0 aliphatic carbocycles. The first kappa shape index (κ1) is 21.1. The molecule has 1 N–H and O–H groups in total. The normalized spacial score (nSPS) is 15.0. The molecule has 0 bridgehead atoms. The van der Waals surface area contributed by atoms with Gasteiger partial charge in [0.1, 0.15) is 6.54 Å². The average molecular weight is 435 g/mol. The Kier molecular flexibility index (Phi) is 5.58. The number of hydrogen-bond donors (Lipinski definition) is 1. The van der Waals surface area contributed by atoms with Crippen molar-refractivity contribution in [2.24, 2.45) is 0 Å². The lowest BCUT2D eigenvalue weighted by Crippen LogP contribution is -2.43. The lowest BCUT2D eigenvalue weighted by atomic mass is 9.99. The van der Waals surface area contributed by atoms with Crippen molar-refractivity contribution in [1.29, 1.82) is 0 Å². The van der Waals surface area contributed by atoms with E-state index in [-0.39, 0.29) is 23.4 Å². The van der Waals surface area contributed by atoms with Crippen LogP contribution in [0.4, 0.5) is 5.69 Å². The maximum Gasteiger partial charge on any atom is 0.265 e. The second-order valence-corrected chi connectivity index (χ2v) is 9.74. The highest BCUT2D eigenvalue weighted by Crippen LogP contribution is 2.43. The number of nitrogens with one attached hydrogen (secondary N) is 1. The molecule has 0 radical (unpaired) electrons. The Morgan fingerprint density at radius 1 is 1.00 bits per heavy atom. The SMILES string of the molecule is CCc1ccc2c(c1)-c1ccccc1S(=O)(=O)N2CC(=O)N[C@@H](C)c1ccc(C)cc1. The van der Waals surface area contributed by atoms with Crippen molar-refractivity contribution < 1.29 is 13.2 Å². The van der Waals surface area contributed by atoms with E-state index in [4.69, 9.17) is 0 Å². The molecule has 5 nitrogen and oxygen atoms in total. The van der Waals surface area contributed by atoms with E-state index in [9.17, 15) is 13.2 Å². The average Bonchev–Trinajstić information content (AvgIpc) is 2.77. The standard InChI is InChI=1S/C25H26N2O3S/c1-4-19-11-14-23-22(15-19)21-7-5-6-8-24(21)31(29,30)27(23)16-25(28)26-18(3)20-12-9-17(2)10-13-20/h5-15,18H,4,16H2,1-3H3,(H,26,28)/t18-/m0/s1. The van der Waals surface area contributed by atoms with Gasteiger partial charge in [0.05, 0.1) is 16.6 Å². The monoisotopic (exact) mass is 434 g/mol. The van der Waals surface area contributed by atoms with Crippen LogP contribution in [0, 0.1) is 6.92 Å². The summed E-state index contributed by atoms with van der Waals surface area (Å²) in [5.41, 5.74) is 5.28. The van der Waals surface area contributed by atoms with E-state index in [0.717, 1.165) is 28.7 Å². The summed E-state index contributed by atoms with van der Waals surface area (Å²) in [6, 6.07) is 20.4. The van der Waals surface area contributed by atoms with Crippen molar-refractivity contribution >= 4 is 21.6 Å². The minimum absolute atomic E-state index is 0.227. The Morgan fingerprint density at radius 3 is 2.42 bits per heavy atom. The van der Waals surface area contributed by atoms with Crippen molar-refractivity contribution in [1.82, 2.24) is 5.32 Å². The van der Waals surface area contributed by atoms with Crippen molar-refractivity contribution in [3.63, 3.8) is 0 Å². The summed E-state index contributed by atoms with van der Waals surface area (Å²) in [5.74, 6) is -0.346. The molecule has 3 aromatic rings. The van der Waals surface area contributed by atoms with Gasteiger partial charge in [-0.2, -0.15) is 0 Å². The third kappa shape index (κ3) is 3.95. The number of carbonyl (C=O) groups excluding carboxylic acids is 1. The molecule has 0 saturated carbocycles. The van der Waals surface area contributed by atoms with Crippen LogP contribution in [0.5, 0.6) is 0 Å². The predicted molar refractivity (Wildman–Crippen MR) is 124 cm³/mol. The molecule has 0 aromatic heterocycles. The predicted octanol–water partition coefficient (Wildman–Crippen LogP) is 4.61. The van der Waals surface area contributed by atoms with Crippen LogP contribution in [0.2, 0.25) is 0 Å². The molecule has 0 spiro atoms. The van der Waals surface area contributed by atoms with E-state index in [2.05, 4.69) is 12.2 Å². The van der Waals surface area contributed by atoms with Crippen LogP contribution in [-0.2, 0) is 21.2 Å². The van der Waals surface area contributed by atoms with Crippen molar-refractivity contribution in [3.05, 3.63) is 83.4 Å². The zero-order chi connectivity index (χ0) is 22.2. The fraction of sp³-hybridized carbons (Fsp3) is 0.240. The van der Waals surface area contributed by atoms with Gasteiger partial charge in [0.25, 0.3) is 10.0 Å². The van der Waals surface area contributed by atoms with Gasteiger partial charge in [-0.05, 0) is 49.6 Å². The third-order valence-electron chi connectivity index (χ3n) is 5.73. The van der Waals surface area contributed by atoms with E-state index < -0.39 is 10.0 Å². The maximum atomic E-state index is 13.4. The first-order valence-corrected chi connectivity index (χ1v) is 11.9. The van der Waals surface area contributed by atoms with E-state index in [1.54, 1.807) is 18.2 Å². The minimum Gasteiger partial charge on any atom is -0.348 e. The Bertz CT molecular complexity index is 1230. The highest BCUT2D eigenvalue weighted by atomic mass is 32.2. The van der Waals surface area contributed by atoms with Gasteiger partial charge < -0.3 is 5.32 Å². The highest BCUT2D eigenvalue weighted by molar-refractivity contribution is 7.93. The molecule has 0 fully saturated rings. The molecular formula is C25H26N2O3S. The van der Waals surface area contributed by atoms with E-state index >= 15 is 0 Å². The number of benzene rings is 3. The van der Waals surface area contributed by atoms with Gasteiger partial charge in [0.2, 0.25) is 5.91 Å². The molecule has 31 heavy (non-hydrogen) atoms. The summed E-state index contributed by atoms with van der Waals surface area (Å²) >= 11 is 0. The summed E-state index contributed by atoms with van der Waals surface area (Å²) in [4.78, 5) is 13.1. The summed E-state index contributed by atoms with van der Waals surface area (Å²) in [7, 11) is -3.84. The summed E-state index contributed by atoms with van der Waals surface area (Å²) < 4.78 is 28.0. The van der Waals surface area contributed by atoms with Crippen LogP contribution in [0.3, 0.4) is 0 Å². The number of aryl methyl sites for hydroxylation is 2. The van der Waals surface area contributed by atoms with Crippen molar-refractivity contribution in [2.45, 2.75) is 38.1 Å². The smallest absolute Gasteiger partial charge is 0.265 e. The van der Waals surface area contributed by atoms with E-state index in [1.165, 1.54) is 4.31 Å². The molecular weight excluding hydrogens is 408 g/mol. The molecule has 1 heterocycles. The summed E-state index contributed by atoms with van der Waals surface area (Å²) in [5, 5.41) is 2.93. The zero-order valence-corrected chi connectivity index (χ0v) is 18.7. The largest absolute Gasteiger partial charge is 0.348 e. The second kappa shape index (κ2) is 8.19. The van der Waals surface area contributed by atoms with Crippen LogP contribution >= 0.6 is 0 Å². The van der Waals surface area contributed by atoms with Gasteiger partial charge in [-0.1, -0.05) is 61.0 Å². The molecule has 1 aliphatic heterocycles. The highest BCUT2D eigenvalue weighted by Gasteiger charge is 2.36. The number of amides is 1. The topological polar surface area (TPSA) is 66.5 Å². The van der Waals surface area contributed by atoms with Crippen LogP contribution in [-0.4, -0.2) is 20.9 Å². The lowest BCUT2D eigenvalue weighted by Gasteiger charge is -2.32. The molecule has 1 aliphatic rings. The van der Waals surface area contributed by atoms with E-state index in [0.29, 0.717) is 11.3 Å². The van der Waals surface area contributed by atoms with Crippen LogP contribution < -0.4 is 9.62 Å². The first-order valence-electron chi connectivity index (χ1n) is 10.4. The molecule has 1 atom stereocenters. The van der Waals surface area contributed by atoms with Gasteiger partial charge in [0, 0.05) is 11.1 Å². The molecule has 0 unspecified atom stereocenters. The Balaban J connectivity index is 1.66. The molecule has 160 valence electrons. The third-order valence-corrected chi connectivity index (χ3v) is 7.54. The number of sulfonamides is 1. The van der Waals surface area contributed by atoms with Crippen LogP contribution in [0.15, 0.2) is 71.6 Å². The second-order valence-electron chi connectivity index (χ2n) is 7.91. The number of nitrogens with zero attached hydrogens (tertiary/aromatic N) is 1. The molecule has 6 heteroatoms. The minimum atomic E-state index is -3.84. The zero-order valence-electron chi connectivity index (χ0n) is 17.9. The maximum absolute atomic E-state index is 13.4. The number of carbonyl (C=O) groups is 1. The molecule has 1 amide bonds. The summed E-state index contributed by atoms with van der Waals surface area (Å²) in [6.07, 6.45) is 0.844. The van der Waals surface area contributed by atoms with Crippen molar-refractivity contribution in [3.8, 4) is 11.1 Å². The molecule has 3 aromatic carbocycles.